The summed E-state index contributed by atoms with van der Waals surface area (Å²) in [5.41, 5.74) is -5.01. The predicted octanol–water partition coefficient (Wildman–Crippen LogP) is 4.00. The van der Waals surface area contributed by atoms with Crippen LogP contribution in [-0.4, -0.2) is 18.1 Å². The molecule has 8 heteroatoms. The number of alkyl halides is 3. The van der Waals surface area contributed by atoms with Gasteiger partial charge in [0.15, 0.2) is 0 Å². The summed E-state index contributed by atoms with van der Waals surface area (Å²) in [6.45, 7) is 1.56. The van der Waals surface area contributed by atoms with Crippen LogP contribution in [0.5, 0.6) is 0 Å². The van der Waals surface area contributed by atoms with Crippen LogP contribution in [0.3, 0.4) is 0 Å². The van der Waals surface area contributed by atoms with Crippen molar-refractivity contribution in [3.05, 3.63) is 28.3 Å². The van der Waals surface area contributed by atoms with Crippen molar-refractivity contribution in [2.45, 2.75) is 17.3 Å². The third-order valence-corrected chi connectivity index (χ3v) is 3.23. The number of carbonyl (C=O) groups is 1. The van der Waals surface area contributed by atoms with E-state index in [4.69, 9.17) is 16.9 Å². The van der Waals surface area contributed by atoms with Crippen molar-refractivity contribution in [1.29, 1.82) is 5.26 Å². The summed E-state index contributed by atoms with van der Waals surface area (Å²) >= 11 is 5.30. The number of thioether (sulfide) groups is 1. The second kappa shape index (κ2) is 6.17. The summed E-state index contributed by atoms with van der Waals surface area (Å²) in [4.78, 5) is 11.3. The molecule has 1 aromatic carbocycles. The van der Waals surface area contributed by atoms with E-state index in [2.05, 4.69) is 4.74 Å². The van der Waals surface area contributed by atoms with Crippen LogP contribution in [0.15, 0.2) is 17.0 Å². The Balaban J connectivity index is 3.31. The van der Waals surface area contributed by atoms with Gasteiger partial charge in [-0.25, -0.2) is 4.79 Å². The summed E-state index contributed by atoms with van der Waals surface area (Å²) in [6.07, 6.45) is 0. The SMILES string of the molecule is CCOC(=O)c1c(C#N)ccc(SC(F)(F)F)c1Cl. The molecule has 0 saturated heterocycles. The number of hydrogen-bond acceptors (Lipinski definition) is 4. The van der Waals surface area contributed by atoms with E-state index in [0.29, 0.717) is 0 Å². The molecule has 0 aliphatic rings. The molecule has 0 spiro atoms. The molecule has 1 rings (SSSR count). The molecule has 102 valence electrons. The molecule has 1 aromatic rings. The monoisotopic (exact) mass is 309 g/mol. The van der Waals surface area contributed by atoms with Crippen LogP contribution in [-0.2, 0) is 4.74 Å². The molecule has 0 heterocycles. The molecule has 3 nitrogen and oxygen atoms in total. The van der Waals surface area contributed by atoms with Gasteiger partial charge in [-0.1, -0.05) is 11.6 Å². The Morgan fingerprint density at radius 3 is 2.63 bits per heavy atom. The van der Waals surface area contributed by atoms with Crippen LogP contribution < -0.4 is 0 Å². The zero-order chi connectivity index (χ0) is 14.6. The fraction of sp³-hybridized carbons (Fsp3) is 0.273. The number of nitriles is 1. The zero-order valence-electron chi connectivity index (χ0n) is 9.55. The second-order valence-corrected chi connectivity index (χ2v) is 4.67. The van der Waals surface area contributed by atoms with Crippen molar-refractivity contribution in [3.63, 3.8) is 0 Å². The van der Waals surface area contributed by atoms with Crippen LogP contribution in [0.25, 0.3) is 0 Å². The van der Waals surface area contributed by atoms with E-state index in [0.717, 1.165) is 12.1 Å². The molecule has 19 heavy (non-hydrogen) atoms. The Hall–Kier alpha value is -1.39. The first-order valence-electron chi connectivity index (χ1n) is 4.95. The van der Waals surface area contributed by atoms with Crippen molar-refractivity contribution in [1.82, 2.24) is 0 Å². The average Bonchev–Trinajstić information content (AvgIpc) is 2.30. The number of nitrogens with zero attached hydrogens (tertiary/aromatic N) is 1. The van der Waals surface area contributed by atoms with Crippen LogP contribution in [0.4, 0.5) is 13.2 Å². The van der Waals surface area contributed by atoms with Gasteiger partial charge in [-0.15, -0.1) is 0 Å². The maximum absolute atomic E-state index is 12.3. The van der Waals surface area contributed by atoms with E-state index in [-0.39, 0.29) is 22.6 Å². The van der Waals surface area contributed by atoms with Gasteiger partial charge < -0.3 is 4.74 Å². The number of hydrogen-bond donors (Lipinski definition) is 0. The van der Waals surface area contributed by atoms with Crippen LogP contribution in [0, 0.1) is 11.3 Å². The molecular weight excluding hydrogens is 303 g/mol. The summed E-state index contributed by atoms with van der Waals surface area (Å²) in [5, 5.41) is 8.41. The van der Waals surface area contributed by atoms with Crippen LogP contribution in [0.1, 0.15) is 22.8 Å². The van der Waals surface area contributed by atoms with E-state index in [1.165, 1.54) is 6.92 Å². The fourth-order valence-electron chi connectivity index (χ4n) is 1.26. The summed E-state index contributed by atoms with van der Waals surface area (Å²) in [5.74, 6) is -0.923. The Morgan fingerprint density at radius 1 is 1.53 bits per heavy atom. The lowest BCUT2D eigenvalue weighted by atomic mass is 10.1. The lowest BCUT2D eigenvalue weighted by molar-refractivity contribution is -0.0328. The van der Waals surface area contributed by atoms with Gasteiger partial charge in [0.05, 0.1) is 22.8 Å². The van der Waals surface area contributed by atoms with Crippen LogP contribution >= 0.6 is 23.4 Å². The molecule has 0 atom stereocenters. The number of rotatable bonds is 3. The molecule has 0 aromatic heterocycles. The van der Waals surface area contributed by atoms with Gasteiger partial charge in [-0.2, -0.15) is 18.4 Å². The number of halogens is 4. The lowest BCUT2D eigenvalue weighted by Crippen LogP contribution is -2.09. The normalized spacial score (nSPS) is 10.9. The molecule has 0 amide bonds. The molecule has 0 aliphatic carbocycles. The number of benzene rings is 1. The molecule has 0 unspecified atom stereocenters. The first kappa shape index (κ1) is 15.7. The highest BCUT2D eigenvalue weighted by Gasteiger charge is 2.32. The Kier molecular flexibility index (Phi) is 5.09. The highest BCUT2D eigenvalue weighted by atomic mass is 35.5. The molecule has 0 radical (unpaired) electrons. The number of ether oxygens (including phenoxy) is 1. The number of esters is 1. The largest absolute Gasteiger partial charge is 0.462 e. The van der Waals surface area contributed by atoms with E-state index >= 15 is 0 Å². The average molecular weight is 310 g/mol. The summed E-state index contributed by atoms with van der Waals surface area (Å²) < 4.78 is 41.6. The summed E-state index contributed by atoms with van der Waals surface area (Å²) in [6, 6.07) is 3.84. The predicted molar refractivity (Wildman–Crippen MR) is 64.0 cm³/mol. The van der Waals surface area contributed by atoms with Gasteiger partial charge in [0.25, 0.3) is 0 Å². The number of carbonyl (C=O) groups excluding carboxylic acids is 1. The highest BCUT2D eigenvalue weighted by Crippen LogP contribution is 2.42. The summed E-state index contributed by atoms with van der Waals surface area (Å²) in [7, 11) is 0. The van der Waals surface area contributed by atoms with Gasteiger partial charge >= 0.3 is 11.5 Å². The Labute approximate surface area is 116 Å². The molecule has 0 aliphatic heterocycles. The third-order valence-electron chi connectivity index (χ3n) is 1.93. The fourth-order valence-corrected chi connectivity index (χ4v) is 2.19. The van der Waals surface area contributed by atoms with Crippen molar-refractivity contribution in [2.24, 2.45) is 0 Å². The Morgan fingerprint density at radius 2 is 2.16 bits per heavy atom. The topological polar surface area (TPSA) is 50.1 Å². The smallest absolute Gasteiger partial charge is 0.446 e. The van der Waals surface area contributed by atoms with Crippen molar-refractivity contribution >= 4 is 29.3 Å². The van der Waals surface area contributed by atoms with E-state index < -0.39 is 28.3 Å². The third kappa shape index (κ3) is 4.04. The van der Waals surface area contributed by atoms with E-state index in [1.54, 1.807) is 6.07 Å². The van der Waals surface area contributed by atoms with E-state index in [9.17, 15) is 18.0 Å². The minimum Gasteiger partial charge on any atom is -0.462 e. The van der Waals surface area contributed by atoms with Gasteiger partial charge in [0.1, 0.15) is 6.07 Å². The standard InChI is InChI=1S/C11H7ClF3NO2S/c1-2-18-10(17)8-6(5-16)3-4-7(9(8)12)19-11(13,14)15/h3-4H,2H2,1H3. The van der Waals surface area contributed by atoms with Gasteiger partial charge in [0.2, 0.25) is 0 Å². The van der Waals surface area contributed by atoms with Crippen molar-refractivity contribution in [3.8, 4) is 6.07 Å². The maximum Gasteiger partial charge on any atom is 0.446 e. The molecule has 0 fully saturated rings. The minimum atomic E-state index is -4.54. The molecule has 0 N–H and O–H groups in total. The van der Waals surface area contributed by atoms with Gasteiger partial charge in [0, 0.05) is 4.90 Å². The van der Waals surface area contributed by atoms with Gasteiger partial charge in [-0.05, 0) is 30.8 Å². The quantitative estimate of drug-likeness (QED) is 0.625. The minimum absolute atomic E-state index is 0.0245. The first-order valence-corrected chi connectivity index (χ1v) is 6.15. The first-order chi connectivity index (χ1) is 8.80. The van der Waals surface area contributed by atoms with Crippen LogP contribution in [0.2, 0.25) is 5.02 Å². The molecule has 0 saturated carbocycles. The van der Waals surface area contributed by atoms with Crippen molar-refractivity contribution in [2.75, 3.05) is 6.61 Å². The highest BCUT2D eigenvalue weighted by molar-refractivity contribution is 8.00. The molecular formula is C11H7ClF3NO2S. The Bertz CT molecular complexity index is 540. The maximum atomic E-state index is 12.3. The molecule has 0 bridgehead atoms. The van der Waals surface area contributed by atoms with E-state index in [1.807, 2.05) is 0 Å². The van der Waals surface area contributed by atoms with Gasteiger partial charge in [-0.3, -0.25) is 0 Å². The lowest BCUT2D eigenvalue weighted by Gasteiger charge is -2.11. The van der Waals surface area contributed by atoms with Crippen molar-refractivity contribution < 1.29 is 22.7 Å². The zero-order valence-corrected chi connectivity index (χ0v) is 11.1. The second-order valence-electron chi connectivity index (χ2n) is 3.18.